The molecule has 2 N–H and O–H groups in total. The summed E-state index contributed by atoms with van der Waals surface area (Å²) in [5, 5.41) is 6.75. The molecule has 0 atom stereocenters. The topological polar surface area (TPSA) is 81.6 Å². The van der Waals surface area contributed by atoms with E-state index in [-0.39, 0.29) is 17.5 Å². The van der Waals surface area contributed by atoms with Crippen molar-refractivity contribution in [2.24, 2.45) is 7.05 Å². The SMILES string of the molecule is COc1ccc(CCNC(=O)C(=Cc2cn(C)c3ccccc23)NC(=O)c2ccc(C)cc2)cc1OC. The summed E-state index contributed by atoms with van der Waals surface area (Å²) in [5.41, 5.74) is 4.57. The highest BCUT2D eigenvalue weighted by molar-refractivity contribution is 6.06. The number of hydrogen-bond donors (Lipinski definition) is 2. The summed E-state index contributed by atoms with van der Waals surface area (Å²) in [5.74, 6) is 0.568. The van der Waals surface area contributed by atoms with E-state index in [2.05, 4.69) is 10.6 Å². The molecule has 0 radical (unpaired) electrons. The molecule has 0 spiro atoms. The molecule has 4 rings (SSSR count). The number of methoxy groups -OCH3 is 2. The van der Waals surface area contributed by atoms with Gasteiger partial charge in [-0.25, -0.2) is 0 Å². The average molecular weight is 498 g/mol. The van der Waals surface area contributed by atoms with Gasteiger partial charge < -0.3 is 24.7 Å². The molecule has 1 aromatic heterocycles. The number of carbonyl (C=O) groups excluding carboxylic acids is 2. The molecule has 0 aliphatic rings. The molecule has 2 amide bonds. The van der Waals surface area contributed by atoms with Crippen LogP contribution >= 0.6 is 0 Å². The quantitative estimate of drug-likeness (QED) is 0.330. The molecule has 3 aromatic carbocycles. The van der Waals surface area contributed by atoms with E-state index in [0.717, 1.165) is 27.6 Å². The van der Waals surface area contributed by atoms with E-state index in [1.165, 1.54) is 0 Å². The number of hydrogen-bond acceptors (Lipinski definition) is 4. The number of nitrogens with zero attached hydrogens (tertiary/aromatic N) is 1. The third kappa shape index (κ3) is 6.01. The van der Waals surface area contributed by atoms with E-state index >= 15 is 0 Å². The largest absolute Gasteiger partial charge is 0.493 e. The molecule has 0 bridgehead atoms. The van der Waals surface area contributed by atoms with Crippen LogP contribution in [0.2, 0.25) is 0 Å². The van der Waals surface area contributed by atoms with Crippen LogP contribution in [0.5, 0.6) is 11.5 Å². The highest BCUT2D eigenvalue weighted by Crippen LogP contribution is 2.27. The van der Waals surface area contributed by atoms with Crippen molar-refractivity contribution in [2.45, 2.75) is 13.3 Å². The lowest BCUT2D eigenvalue weighted by atomic mass is 10.1. The van der Waals surface area contributed by atoms with Crippen LogP contribution in [-0.4, -0.2) is 37.1 Å². The van der Waals surface area contributed by atoms with Crippen LogP contribution in [-0.2, 0) is 18.3 Å². The van der Waals surface area contributed by atoms with Crippen molar-refractivity contribution in [2.75, 3.05) is 20.8 Å². The molecule has 0 saturated heterocycles. The van der Waals surface area contributed by atoms with Gasteiger partial charge in [0.15, 0.2) is 11.5 Å². The highest BCUT2D eigenvalue weighted by atomic mass is 16.5. The first-order chi connectivity index (χ1) is 17.9. The molecule has 1 heterocycles. The average Bonchev–Trinajstić information content (AvgIpc) is 3.23. The molecular weight excluding hydrogens is 466 g/mol. The highest BCUT2D eigenvalue weighted by Gasteiger charge is 2.16. The predicted molar refractivity (Wildman–Crippen MR) is 146 cm³/mol. The molecule has 4 aromatic rings. The van der Waals surface area contributed by atoms with Crippen LogP contribution in [0.3, 0.4) is 0 Å². The molecule has 7 nitrogen and oxygen atoms in total. The maximum atomic E-state index is 13.3. The minimum absolute atomic E-state index is 0.175. The van der Waals surface area contributed by atoms with Crippen LogP contribution in [0.1, 0.15) is 27.0 Å². The minimum atomic E-state index is -0.367. The van der Waals surface area contributed by atoms with Crippen molar-refractivity contribution in [3.63, 3.8) is 0 Å². The van der Waals surface area contributed by atoms with E-state index in [0.29, 0.717) is 30.0 Å². The molecule has 0 unspecified atom stereocenters. The van der Waals surface area contributed by atoms with Crippen molar-refractivity contribution in [1.29, 1.82) is 0 Å². The number of aryl methyl sites for hydroxylation is 2. The third-order valence-corrected chi connectivity index (χ3v) is 6.18. The van der Waals surface area contributed by atoms with E-state index in [9.17, 15) is 9.59 Å². The lowest BCUT2D eigenvalue weighted by Gasteiger charge is -2.12. The van der Waals surface area contributed by atoms with Gasteiger partial charge in [0.05, 0.1) is 14.2 Å². The Bertz CT molecular complexity index is 1450. The summed E-state index contributed by atoms with van der Waals surface area (Å²) in [7, 11) is 5.13. The Morgan fingerprint density at radius 3 is 2.41 bits per heavy atom. The Morgan fingerprint density at radius 2 is 1.68 bits per heavy atom. The predicted octanol–water partition coefficient (Wildman–Crippen LogP) is 4.63. The Kier molecular flexibility index (Phi) is 7.93. The molecule has 0 aliphatic heterocycles. The normalized spacial score (nSPS) is 11.3. The lowest BCUT2D eigenvalue weighted by Crippen LogP contribution is -2.35. The van der Waals surface area contributed by atoms with Crippen LogP contribution in [0.15, 0.2) is 78.6 Å². The van der Waals surface area contributed by atoms with Crippen molar-refractivity contribution in [1.82, 2.24) is 15.2 Å². The first-order valence-electron chi connectivity index (χ1n) is 12.0. The second-order valence-corrected chi connectivity index (χ2v) is 8.79. The minimum Gasteiger partial charge on any atom is -0.493 e. The Hall–Kier alpha value is -4.52. The van der Waals surface area contributed by atoms with Gasteiger partial charge in [0, 0.05) is 41.8 Å². The number of fused-ring (bicyclic) bond motifs is 1. The zero-order valence-corrected chi connectivity index (χ0v) is 21.5. The van der Waals surface area contributed by atoms with Crippen LogP contribution in [0.4, 0.5) is 0 Å². The number of carbonyl (C=O) groups is 2. The molecule has 7 heteroatoms. The Morgan fingerprint density at radius 1 is 0.946 bits per heavy atom. The summed E-state index contributed by atoms with van der Waals surface area (Å²) < 4.78 is 12.7. The first-order valence-corrected chi connectivity index (χ1v) is 12.0. The van der Waals surface area contributed by atoms with Gasteiger partial charge in [-0.1, -0.05) is 42.0 Å². The van der Waals surface area contributed by atoms with Gasteiger partial charge in [-0.05, 0) is 55.3 Å². The standard InChI is InChI=1S/C30H31N3O4/c1-20-9-12-22(13-10-20)29(34)32-25(18-23-19-33(2)26-8-6-5-7-24(23)26)30(35)31-16-15-21-11-14-27(36-3)28(17-21)37-4/h5-14,17-19H,15-16H2,1-4H3,(H,31,35)(H,32,34). The number of nitrogens with one attached hydrogen (secondary N) is 2. The van der Waals surface area contributed by atoms with Crippen LogP contribution in [0, 0.1) is 6.92 Å². The number of ether oxygens (including phenoxy) is 2. The third-order valence-electron chi connectivity index (χ3n) is 6.18. The summed E-state index contributed by atoms with van der Waals surface area (Å²) >= 11 is 0. The Balaban J connectivity index is 1.56. The maximum absolute atomic E-state index is 13.3. The number of amides is 2. The molecule has 37 heavy (non-hydrogen) atoms. The van der Waals surface area contributed by atoms with Crippen molar-refractivity contribution in [3.8, 4) is 11.5 Å². The first kappa shape index (κ1) is 25.6. The van der Waals surface area contributed by atoms with Gasteiger partial charge in [0.25, 0.3) is 11.8 Å². The van der Waals surface area contributed by atoms with E-state index < -0.39 is 0 Å². The summed E-state index contributed by atoms with van der Waals surface area (Å²) in [6.45, 7) is 2.33. The van der Waals surface area contributed by atoms with Crippen molar-refractivity contribution in [3.05, 3.63) is 101 Å². The molecule has 0 fully saturated rings. The fraction of sp³-hybridized carbons (Fsp3) is 0.200. The number of para-hydroxylation sites is 1. The van der Waals surface area contributed by atoms with E-state index in [1.807, 2.05) is 79.3 Å². The smallest absolute Gasteiger partial charge is 0.267 e. The monoisotopic (exact) mass is 497 g/mol. The molecular formula is C30H31N3O4. The van der Waals surface area contributed by atoms with Gasteiger partial charge >= 0.3 is 0 Å². The summed E-state index contributed by atoms with van der Waals surface area (Å²) in [6, 6.07) is 20.8. The second-order valence-electron chi connectivity index (χ2n) is 8.79. The van der Waals surface area contributed by atoms with Gasteiger partial charge in [-0.3, -0.25) is 9.59 Å². The van der Waals surface area contributed by atoms with Gasteiger partial charge in [-0.15, -0.1) is 0 Å². The fourth-order valence-electron chi connectivity index (χ4n) is 4.15. The molecule has 190 valence electrons. The summed E-state index contributed by atoms with van der Waals surface area (Å²) in [6.07, 6.45) is 4.25. The van der Waals surface area contributed by atoms with E-state index in [1.54, 1.807) is 32.4 Å². The number of benzene rings is 3. The van der Waals surface area contributed by atoms with Gasteiger partial charge in [0.1, 0.15) is 5.70 Å². The second kappa shape index (κ2) is 11.5. The van der Waals surface area contributed by atoms with Crippen molar-refractivity contribution < 1.29 is 19.1 Å². The van der Waals surface area contributed by atoms with Gasteiger partial charge in [0.2, 0.25) is 0 Å². The summed E-state index contributed by atoms with van der Waals surface area (Å²) in [4.78, 5) is 26.3. The van der Waals surface area contributed by atoms with Crippen LogP contribution in [0.25, 0.3) is 17.0 Å². The zero-order valence-electron chi connectivity index (χ0n) is 21.5. The fourth-order valence-corrected chi connectivity index (χ4v) is 4.15. The van der Waals surface area contributed by atoms with Gasteiger partial charge in [-0.2, -0.15) is 0 Å². The zero-order chi connectivity index (χ0) is 26.4. The number of rotatable bonds is 9. The molecule has 0 saturated carbocycles. The van der Waals surface area contributed by atoms with Crippen LogP contribution < -0.4 is 20.1 Å². The Labute approximate surface area is 216 Å². The molecule has 0 aliphatic carbocycles. The maximum Gasteiger partial charge on any atom is 0.267 e. The lowest BCUT2D eigenvalue weighted by molar-refractivity contribution is -0.117. The van der Waals surface area contributed by atoms with E-state index in [4.69, 9.17) is 9.47 Å². The number of aromatic nitrogens is 1. The van der Waals surface area contributed by atoms with Crippen molar-refractivity contribution >= 4 is 28.8 Å².